The van der Waals surface area contributed by atoms with E-state index in [2.05, 4.69) is 193 Å². The fourth-order valence-electron chi connectivity index (χ4n) is 8.58. The number of nitrogens with zero attached hydrogens (tertiary/aromatic N) is 1. The quantitative estimate of drug-likeness (QED) is 0.184. The molecule has 0 aromatic heterocycles. The zero-order valence-corrected chi connectivity index (χ0v) is 27.7. The molecule has 2 atom stereocenters. The Kier molecular flexibility index (Phi) is 6.54. The Bertz CT molecular complexity index is 2440. The van der Waals surface area contributed by atoms with Crippen molar-refractivity contribution in [2.45, 2.75) is 21.5 Å². The molecule has 0 N–H and O–H groups in total. The van der Waals surface area contributed by atoms with Gasteiger partial charge in [-0.3, -0.25) is 0 Å². The van der Waals surface area contributed by atoms with Crippen LogP contribution in [-0.4, -0.2) is 5.25 Å². The number of thioether (sulfide) groups is 1. The van der Waals surface area contributed by atoms with Gasteiger partial charge in [-0.25, -0.2) is 0 Å². The summed E-state index contributed by atoms with van der Waals surface area (Å²) >= 11 is 2.00. The van der Waals surface area contributed by atoms with Crippen molar-refractivity contribution in [2.24, 2.45) is 0 Å². The molecule has 0 saturated heterocycles. The van der Waals surface area contributed by atoms with Crippen LogP contribution in [0.4, 0.5) is 17.1 Å². The van der Waals surface area contributed by atoms with Crippen LogP contribution in [0.2, 0.25) is 0 Å². The number of para-hydroxylation sites is 1. The molecule has 0 spiro atoms. The van der Waals surface area contributed by atoms with E-state index in [1.54, 1.807) is 0 Å². The number of anilines is 3. The third-order valence-electron chi connectivity index (χ3n) is 10.7. The predicted molar refractivity (Wildman–Crippen MR) is 205 cm³/mol. The fourth-order valence-corrected chi connectivity index (χ4v) is 10.1. The third kappa shape index (κ3) is 4.27. The van der Waals surface area contributed by atoms with Crippen molar-refractivity contribution in [1.29, 1.82) is 0 Å². The summed E-state index contributed by atoms with van der Waals surface area (Å²) in [6, 6.07) is 64.8. The maximum atomic E-state index is 2.48. The van der Waals surface area contributed by atoms with E-state index < -0.39 is 5.41 Å². The van der Waals surface area contributed by atoms with Gasteiger partial charge in [0.1, 0.15) is 0 Å². The van der Waals surface area contributed by atoms with Crippen molar-refractivity contribution in [3.8, 4) is 11.1 Å². The van der Waals surface area contributed by atoms with E-state index in [-0.39, 0.29) is 0 Å². The van der Waals surface area contributed by atoms with Crippen molar-refractivity contribution in [2.75, 3.05) is 4.90 Å². The highest BCUT2D eigenvalue weighted by Gasteiger charge is 2.46. The molecule has 7 aromatic rings. The van der Waals surface area contributed by atoms with E-state index in [1.807, 2.05) is 11.8 Å². The minimum absolute atomic E-state index is 0.364. The Morgan fingerprint density at radius 3 is 1.69 bits per heavy atom. The molecule has 49 heavy (non-hydrogen) atoms. The summed E-state index contributed by atoms with van der Waals surface area (Å²) in [6.45, 7) is 0. The monoisotopic (exact) mass is 643 g/mol. The molecule has 0 amide bonds. The third-order valence-corrected chi connectivity index (χ3v) is 12.0. The van der Waals surface area contributed by atoms with Crippen LogP contribution >= 0.6 is 11.8 Å². The molecule has 0 bridgehead atoms. The zero-order valence-electron chi connectivity index (χ0n) is 26.9. The molecule has 2 unspecified atom stereocenters. The fraction of sp³-hybridized carbons (Fsp3) is 0.0638. The number of rotatable bonds is 5. The molecule has 2 heteroatoms. The van der Waals surface area contributed by atoms with Crippen LogP contribution in [0.5, 0.6) is 0 Å². The molecule has 10 rings (SSSR count). The smallest absolute Gasteiger partial charge is 0.0713 e. The Morgan fingerprint density at radius 1 is 0.449 bits per heavy atom. The van der Waals surface area contributed by atoms with Gasteiger partial charge in [-0.05, 0) is 79.7 Å². The molecule has 2 aliphatic carbocycles. The van der Waals surface area contributed by atoms with Crippen molar-refractivity contribution in [3.05, 3.63) is 214 Å². The average Bonchev–Trinajstić information content (AvgIpc) is 3.69. The molecule has 0 radical (unpaired) electrons. The molecule has 1 heterocycles. The van der Waals surface area contributed by atoms with Gasteiger partial charge in [-0.15, -0.1) is 11.8 Å². The van der Waals surface area contributed by atoms with Crippen molar-refractivity contribution >= 4 is 41.0 Å². The molecule has 3 aliphatic rings. The summed E-state index contributed by atoms with van der Waals surface area (Å²) in [5, 5.41) is 3.06. The Labute approximate surface area is 291 Å². The van der Waals surface area contributed by atoms with Gasteiger partial charge in [0, 0.05) is 27.4 Å². The normalized spacial score (nSPS) is 17.4. The first-order chi connectivity index (χ1) is 24.3. The Hall–Kier alpha value is -5.57. The number of fused-ring (bicyclic) bond motifs is 7. The standard InChI is InChI=1S/C47H33NS/c1-3-16-34(17-4-1)47(42-23-11-9-20-38(42)39-21-10-12-24-43(39)47)35-26-28-37(29-27-35)48(36-18-5-2-6-19-36)44-25-13-22-40-41-30-32-14-7-8-15-33(32)31-45(41)49-46(40)44/h1-31,41,45H. The zero-order chi connectivity index (χ0) is 32.4. The lowest BCUT2D eigenvalue weighted by Crippen LogP contribution is -2.31. The lowest BCUT2D eigenvalue weighted by atomic mass is 9.68. The second-order valence-corrected chi connectivity index (χ2v) is 14.4. The van der Waals surface area contributed by atoms with Gasteiger partial charge < -0.3 is 4.90 Å². The maximum absolute atomic E-state index is 2.48. The van der Waals surface area contributed by atoms with E-state index in [0.29, 0.717) is 11.2 Å². The van der Waals surface area contributed by atoms with Crippen LogP contribution in [0.1, 0.15) is 33.7 Å². The second-order valence-electron chi connectivity index (χ2n) is 13.2. The maximum Gasteiger partial charge on any atom is 0.0713 e. The first kappa shape index (κ1) is 28.4. The van der Waals surface area contributed by atoms with Crippen LogP contribution in [-0.2, 0) is 5.41 Å². The molecule has 0 saturated carbocycles. The summed E-state index contributed by atoms with van der Waals surface area (Å²) in [4.78, 5) is 3.82. The highest BCUT2D eigenvalue weighted by Crippen LogP contribution is 2.57. The Morgan fingerprint density at radius 2 is 1.00 bits per heavy atom. The first-order valence-corrected chi connectivity index (χ1v) is 18.0. The molecule has 1 aliphatic heterocycles. The summed E-state index contributed by atoms with van der Waals surface area (Å²) < 4.78 is 0. The molecule has 1 nitrogen and oxygen atoms in total. The van der Waals surface area contributed by atoms with E-state index in [4.69, 9.17) is 0 Å². The SMILES string of the molecule is C1=c2ccccc2=CC2c3cccc(N(c4ccccc4)c4ccc(C5(c6ccccc6)c6ccccc6-c6ccccc65)cc4)c3SC12. The molecular formula is C47H33NS. The van der Waals surface area contributed by atoms with Crippen LogP contribution in [0, 0.1) is 0 Å². The van der Waals surface area contributed by atoms with Gasteiger partial charge in [0.25, 0.3) is 0 Å². The van der Waals surface area contributed by atoms with Crippen molar-refractivity contribution < 1.29 is 0 Å². The van der Waals surface area contributed by atoms with Crippen molar-refractivity contribution in [3.63, 3.8) is 0 Å². The van der Waals surface area contributed by atoms with Crippen molar-refractivity contribution in [1.82, 2.24) is 0 Å². The van der Waals surface area contributed by atoms with Gasteiger partial charge in [0.15, 0.2) is 0 Å². The predicted octanol–water partition coefficient (Wildman–Crippen LogP) is 10.4. The van der Waals surface area contributed by atoms with Crippen LogP contribution in [0.3, 0.4) is 0 Å². The van der Waals surface area contributed by atoms with Gasteiger partial charge in [0.2, 0.25) is 0 Å². The first-order valence-electron chi connectivity index (χ1n) is 17.1. The topological polar surface area (TPSA) is 3.24 Å². The van der Waals surface area contributed by atoms with Gasteiger partial charge >= 0.3 is 0 Å². The lowest BCUT2D eigenvalue weighted by Gasteiger charge is -2.34. The van der Waals surface area contributed by atoms with E-state index in [1.165, 1.54) is 60.0 Å². The Balaban J connectivity index is 1.14. The van der Waals surface area contributed by atoms with E-state index in [0.717, 1.165) is 11.4 Å². The van der Waals surface area contributed by atoms with Crippen LogP contribution in [0.15, 0.2) is 181 Å². The largest absolute Gasteiger partial charge is 0.309 e. The van der Waals surface area contributed by atoms with Crippen LogP contribution in [0.25, 0.3) is 23.3 Å². The van der Waals surface area contributed by atoms with Gasteiger partial charge in [0.05, 0.1) is 11.1 Å². The second kappa shape index (κ2) is 11.3. The van der Waals surface area contributed by atoms with Crippen LogP contribution < -0.4 is 15.3 Å². The molecular weight excluding hydrogens is 611 g/mol. The highest BCUT2D eigenvalue weighted by molar-refractivity contribution is 8.00. The van der Waals surface area contributed by atoms with E-state index in [9.17, 15) is 0 Å². The molecule has 0 fully saturated rings. The molecule has 232 valence electrons. The summed E-state index contributed by atoms with van der Waals surface area (Å²) in [5.74, 6) is 0.364. The number of hydrogen-bond donors (Lipinski definition) is 0. The average molecular weight is 644 g/mol. The van der Waals surface area contributed by atoms with Gasteiger partial charge in [-0.1, -0.05) is 158 Å². The minimum Gasteiger partial charge on any atom is -0.309 e. The molecule has 7 aromatic carbocycles. The van der Waals surface area contributed by atoms with E-state index >= 15 is 0 Å². The summed E-state index contributed by atoms with van der Waals surface area (Å²) in [5.41, 5.74) is 12.4. The summed E-state index contributed by atoms with van der Waals surface area (Å²) in [7, 11) is 0. The minimum atomic E-state index is -0.412. The lowest BCUT2D eigenvalue weighted by molar-refractivity contribution is 0.768. The number of benzene rings is 7. The number of hydrogen-bond acceptors (Lipinski definition) is 2. The highest BCUT2D eigenvalue weighted by atomic mass is 32.2. The summed E-state index contributed by atoms with van der Waals surface area (Å²) in [6.07, 6.45) is 4.95. The van der Waals surface area contributed by atoms with Gasteiger partial charge in [-0.2, -0.15) is 0 Å².